The topological polar surface area (TPSA) is 102 Å². The second kappa shape index (κ2) is 19.7. The second-order valence-electron chi connectivity index (χ2n) is 4.37. The maximum atomic E-state index is 11.0. The third kappa shape index (κ3) is 18.7. The molecule has 1 unspecified atom stereocenters. The molecule has 0 aromatic rings. The number of hydrogen-bond acceptors (Lipinski definition) is 7. The molecule has 0 fully saturated rings. The van der Waals surface area contributed by atoms with E-state index in [1.54, 1.807) is 0 Å². The molecule has 0 spiro atoms. The van der Waals surface area contributed by atoms with Crippen molar-refractivity contribution in [2.24, 2.45) is 0 Å². The van der Waals surface area contributed by atoms with Gasteiger partial charge in [0.25, 0.3) is 0 Å². The standard InChI is InChI=1S/C13H24O7.2Na.2H/c1-2-3-4-5-6-7-8-18-12(16)20-13(17)19-10-11(15)9-14;;;;/h11,14-15H,2-10H2,1H3;;;;. The van der Waals surface area contributed by atoms with Crippen LogP contribution in [0.5, 0.6) is 0 Å². The Labute approximate surface area is 175 Å². The van der Waals surface area contributed by atoms with Crippen molar-refractivity contribution >= 4 is 71.4 Å². The first-order valence-electron chi connectivity index (χ1n) is 6.90. The molecule has 7 nitrogen and oxygen atoms in total. The van der Waals surface area contributed by atoms with Crippen molar-refractivity contribution in [1.82, 2.24) is 0 Å². The Balaban J connectivity index is -0.00000180. The molecule has 0 saturated carbocycles. The molecule has 0 saturated heterocycles. The average Bonchev–Trinajstić information content (AvgIpc) is 2.43. The molecule has 0 radical (unpaired) electrons. The molecule has 0 aliphatic heterocycles. The quantitative estimate of drug-likeness (QED) is 0.261. The van der Waals surface area contributed by atoms with E-state index in [9.17, 15) is 9.59 Å². The number of carbonyl (C=O) groups is 2. The number of ether oxygens (including phenoxy) is 3. The Morgan fingerprint density at radius 2 is 1.50 bits per heavy atom. The summed E-state index contributed by atoms with van der Waals surface area (Å²) in [6.45, 7) is 1.34. The summed E-state index contributed by atoms with van der Waals surface area (Å²) in [6, 6.07) is 0. The third-order valence-corrected chi connectivity index (χ3v) is 2.49. The summed E-state index contributed by atoms with van der Waals surface area (Å²) in [6.07, 6.45) is 2.74. The summed E-state index contributed by atoms with van der Waals surface area (Å²) in [7, 11) is 0. The third-order valence-electron chi connectivity index (χ3n) is 2.49. The van der Waals surface area contributed by atoms with Gasteiger partial charge in [-0.25, -0.2) is 9.59 Å². The summed E-state index contributed by atoms with van der Waals surface area (Å²) in [4.78, 5) is 22.0. The predicted molar refractivity (Wildman–Crippen MR) is 84.5 cm³/mol. The van der Waals surface area contributed by atoms with Gasteiger partial charge in [0.2, 0.25) is 0 Å². The Hall–Kier alpha value is 0.660. The molecule has 0 bridgehead atoms. The Morgan fingerprint density at radius 3 is 2.09 bits per heavy atom. The first-order valence-corrected chi connectivity index (χ1v) is 6.90. The molecule has 9 heteroatoms. The van der Waals surface area contributed by atoms with Gasteiger partial charge < -0.3 is 24.4 Å². The van der Waals surface area contributed by atoms with E-state index in [4.69, 9.17) is 10.2 Å². The van der Waals surface area contributed by atoms with Crippen molar-refractivity contribution in [2.75, 3.05) is 19.8 Å². The summed E-state index contributed by atoms with van der Waals surface area (Å²) in [5.74, 6) is 0. The Bertz CT molecular complexity index is 277. The summed E-state index contributed by atoms with van der Waals surface area (Å²) in [5.41, 5.74) is 0. The number of carbonyl (C=O) groups excluding carboxylic acids is 2. The van der Waals surface area contributed by atoms with Gasteiger partial charge in [-0.1, -0.05) is 39.0 Å². The first-order chi connectivity index (χ1) is 9.60. The van der Waals surface area contributed by atoms with Crippen LogP contribution in [0.15, 0.2) is 0 Å². The molecule has 0 heterocycles. The van der Waals surface area contributed by atoms with Crippen LogP contribution in [0, 0.1) is 0 Å². The van der Waals surface area contributed by atoms with Gasteiger partial charge in [-0.3, -0.25) is 0 Å². The van der Waals surface area contributed by atoms with E-state index < -0.39 is 31.6 Å². The number of hydrogen-bond donors (Lipinski definition) is 2. The maximum absolute atomic E-state index is 11.0. The monoisotopic (exact) mass is 340 g/mol. The van der Waals surface area contributed by atoms with Gasteiger partial charge in [-0.2, -0.15) is 0 Å². The molecule has 0 amide bonds. The molecule has 0 aromatic carbocycles. The van der Waals surface area contributed by atoms with Crippen LogP contribution >= 0.6 is 0 Å². The first kappa shape index (κ1) is 27.5. The van der Waals surface area contributed by atoms with Gasteiger partial charge in [0.15, 0.2) is 0 Å². The Kier molecular flexibility index (Phi) is 24.6. The number of aliphatic hydroxyl groups excluding tert-OH is 2. The molecule has 0 rings (SSSR count). The van der Waals surface area contributed by atoms with Crippen LogP contribution in [-0.4, -0.2) is 108 Å². The zero-order chi connectivity index (χ0) is 15.2. The van der Waals surface area contributed by atoms with Crippen molar-refractivity contribution in [2.45, 2.75) is 51.6 Å². The second-order valence-corrected chi connectivity index (χ2v) is 4.37. The molecule has 0 aromatic heterocycles. The van der Waals surface area contributed by atoms with Gasteiger partial charge in [-0.15, -0.1) is 0 Å². The van der Waals surface area contributed by atoms with Crippen LogP contribution in [0.4, 0.5) is 9.59 Å². The van der Waals surface area contributed by atoms with E-state index in [0.717, 1.165) is 19.3 Å². The van der Waals surface area contributed by atoms with Gasteiger partial charge in [-0.05, 0) is 6.42 Å². The molecular weight excluding hydrogens is 314 g/mol. The zero-order valence-corrected chi connectivity index (χ0v) is 11.9. The van der Waals surface area contributed by atoms with E-state index in [1.807, 2.05) is 0 Å². The predicted octanol–water partition coefficient (Wildman–Crippen LogP) is 0.693. The van der Waals surface area contributed by atoms with Gasteiger partial charge in [0.05, 0.1) is 13.2 Å². The van der Waals surface area contributed by atoms with Crippen LogP contribution in [0.1, 0.15) is 45.4 Å². The van der Waals surface area contributed by atoms with E-state index in [2.05, 4.69) is 21.1 Å². The molecule has 22 heavy (non-hydrogen) atoms. The van der Waals surface area contributed by atoms with E-state index in [1.165, 1.54) is 19.3 Å². The molecule has 122 valence electrons. The number of aliphatic hydroxyl groups is 2. The minimum absolute atomic E-state index is 0. The van der Waals surface area contributed by atoms with Crippen molar-refractivity contribution in [3.8, 4) is 0 Å². The average molecular weight is 340 g/mol. The van der Waals surface area contributed by atoms with Crippen molar-refractivity contribution in [3.63, 3.8) is 0 Å². The number of unbranched alkanes of at least 4 members (excludes halogenated alkanes) is 5. The van der Waals surface area contributed by atoms with E-state index >= 15 is 0 Å². The van der Waals surface area contributed by atoms with Gasteiger partial charge in [0, 0.05) is 0 Å². The van der Waals surface area contributed by atoms with Gasteiger partial charge >= 0.3 is 71.4 Å². The SMILES string of the molecule is CCCCCCCCOC(=O)OC(=O)OCC(O)CO.[NaH].[NaH]. The fourth-order valence-corrected chi connectivity index (χ4v) is 1.38. The van der Waals surface area contributed by atoms with Crippen LogP contribution < -0.4 is 0 Å². The van der Waals surface area contributed by atoms with E-state index in [0.29, 0.717) is 0 Å². The van der Waals surface area contributed by atoms with Crippen molar-refractivity contribution in [3.05, 3.63) is 0 Å². The minimum atomic E-state index is -1.26. The summed E-state index contributed by atoms with van der Waals surface area (Å²) < 4.78 is 13.2. The fraction of sp³-hybridized carbons (Fsp3) is 0.846. The molecule has 1 atom stereocenters. The zero-order valence-electron chi connectivity index (χ0n) is 11.9. The normalized spacial score (nSPS) is 10.7. The van der Waals surface area contributed by atoms with Crippen molar-refractivity contribution < 1.29 is 34.0 Å². The Morgan fingerprint density at radius 1 is 0.955 bits per heavy atom. The van der Waals surface area contributed by atoms with Crippen LogP contribution in [-0.2, 0) is 14.2 Å². The molecule has 2 N–H and O–H groups in total. The van der Waals surface area contributed by atoms with E-state index in [-0.39, 0.29) is 65.7 Å². The summed E-state index contributed by atoms with van der Waals surface area (Å²) >= 11 is 0. The summed E-state index contributed by atoms with van der Waals surface area (Å²) in [5, 5.41) is 17.4. The van der Waals surface area contributed by atoms with Crippen LogP contribution in [0.25, 0.3) is 0 Å². The van der Waals surface area contributed by atoms with Crippen molar-refractivity contribution in [1.29, 1.82) is 0 Å². The molecule has 0 aliphatic rings. The molecule has 0 aliphatic carbocycles. The van der Waals surface area contributed by atoms with Crippen LogP contribution in [0.2, 0.25) is 0 Å². The van der Waals surface area contributed by atoms with Gasteiger partial charge in [0.1, 0.15) is 12.7 Å². The van der Waals surface area contributed by atoms with Crippen LogP contribution in [0.3, 0.4) is 0 Å². The molecular formula is C13H26Na2O7. The fourth-order valence-electron chi connectivity index (χ4n) is 1.38. The number of rotatable bonds is 10.